The van der Waals surface area contributed by atoms with Crippen LogP contribution in [-0.2, 0) is 27.2 Å². The second-order valence-electron chi connectivity index (χ2n) is 7.76. The average molecular weight is 428 g/mol. The van der Waals surface area contributed by atoms with Gasteiger partial charge in [0.15, 0.2) is 0 Å². The number of esters is 1. The molecule has 30 heavy (non-hydrogen) atoms. The van der Waals surface area contributed by atoms with Gasteiger partial charge in [0.05, 0.1) is 30.0 Å². The van der Waals surface area contributed by atoms with E-state index in [2.05, 4.69) is 22.9 Å². The van der Waals surface area contributed by atoms with E-state index in [0.717, 1.165) is 35.4 Å². The fraction of sp³-hybridized carbons (Fsp3) is 0.409. The predicted octanol–water partition coefficient (Wildman–Crippen LogP) is 3.81. The molecule has 1 aromatic heterocycles. The molecule has 1 aliphatic carbocycles. The van der Waals surface area contributed by atoms with Crippen LogP contribution in [0.3, 0.4) is 0 Å². The quantitative estimate of drug-likeness (QED) is 0.631. The number of rotatable bonds is 5. The first-order chi connectivity index (χ1) is 14.5. The Hall–Kier alpha value is -2.87. The van der Waals surface area contributed by atoms with Crippen molar-refractivity contribution >= 4 is 45.5 Å². The average Bonchev–Trinajstić information content (AvgIpc) is 3.05. The number of anilines is 3. The van der Waals surface area contributed by atoms with E-state index in [0.29, 0.717) is 22.2 Å². The Labute approximate surface area is 179 Å². The van der Waals surface area contributed by atoms with Gasteiger partial charge >= 0.3 is 5.97 Å². The second kappa shape index (κ2) is 8.47. The highest BCUT2D eigenvalue weighted by Gasteiger charge is 2.31. The third-order valence-corrected chi connectivity index (χ3v) is 6.63. The van der Waals surface area contributed by atoms with Crippen LogP contribution in [0.1, 0.15) is 47.5 Å². The molecular formula is C22H25N3O4S. The number of carbonyl (C=O) groups excluding carboxylic acids is 3. The molecule has 4 rings (SSSR count). The van der Waals surface area contributed by atoms with Gasteiger partial charge in [0.25, 0.3) is 0 Å². The van der Waals surface area contributed by atoms with E-state index in [1.165, 1.54) is 11.3 Å². The van der Waals surface area contributed by atoms with E-state index in [1.54, 1.807) is 13.0 Å². The van der Waals surface area contributed by atoms with Crippen molar-refractivity contribution in [3.05, 3.63) is 40.3 Å². The van der Waals surface area contributed by atoms with Crippen LogP contribution in [0, 0.1) is 5.92 Å². The van der Waals surface area contributed by atoms with Crippen molar-refractivity contribution < 1.29 is 19.1 Å². The first-order valence-corrected chi connectivity index (χ1v) is 11.1. The minimum absolute atomic E-state index is 0.0403. The van der Waals surface area contributed by atoms with Crippen molar-refractivity contribution in [1.29, 1.82) is 0 Å². The van der Waals surface area contributed by atoms with E-state index >= 15 is 0 Å². The second-order valence-corrected chi connectivity index (χ2v) is 8.87. The number of amides is 2. The molecule has 2 amide bonds. The molecule has 3 N–H and O–H groups in total. The number of para-hydroxylation sites is 2. The number of hydrogen-bond donors (Lipinski definition) is 3. The molecule has 1 aliphatic heterocycles. The van der Waals surface area contributed by atoms with Gasteiger partial charge < -0.3 is 20.7 Å². The molecule has 0 spiro atoms. The highest BCUT2D eigenvalue weighted by Crippen LogP contribution is 2.40. The Balaban J connectivity index is 1.52. The van der Waals surface area contributed by atoms with Gasteiger partial charge in [-0.25, -0.2) is 4.79 Å². The summed E-state index contributed by atoms with van der Waals surface area (Å²) in [5.74, 6) is -0.430. The monoisotopic (exact) mass is 427 g/mol. The highest BCUT2D eigenvalue weighted by atomic mass is 32.1. The van der Waals surface area contributed by atoms with E-state index in [-0.39, 0.29) is 24.8 Å². The summed E-state index contributed by atoms with van der Waals surface area (Å²) in [6, 6.07) is 6.68. The molecule has 0 unspecified atom stereocenters. The first kappa shape index (κ1) is 20.4. The van der Waals surface area contributed by atoms with Gasteiger partial charge in [-0.05, 0) is 49.8 Å². The summed E-state index contributed by atoms with van der Waals surface area (Å²) in [6.07, 6.45) is 2.67. The number of ether oxygens (including phenoxy) is 1. The minimum atomic E-state index is -0.680. The first-order valence-electron chi connectivity index (χ1n) is 10.2. The lowest BCUT2D eigenvalue weighted by Gasteiger charge is -2.26. The number of thiophene rings is 1. The van der Waals surface area contributed by atoms with E-state index in [1.807, 2.05) is 18.2 Å². The summed E-state index contributed by atoms with van der Waals surface area (Å²) in [5, 5.41) is 9.33. The molecule has 0 bridgehead atoms. The van der Waals surface area contributed by atoms with Gasteiger partial charge in [0, 0.05) is 4.88 Å². The van der Waals surface area contributed by atoms with Crippen LogP contribution < -0.4 is 16.0 Å². The van der Waals surface area contributed by atoms with Gasteiger partial charge in [0.1, 0.15) is 11.0 Å². The number of benzene rings is 1. The van der Waals surface area contributed by atoms with Crippen LogP contribution in [0.4, 0.5) is 16.4 Å². The number of fused-ring (bicyclic) bond motifs is 2. The molecule has 0 radical (unpaired) electrons. The molecular weight excluding hydrogens is 402 g/mol. The van der Waals surface area contributed by atoms with Crippen LogP contribution in [0.15, 0.2) is 24.3 Å². The van der Waals surface area contributed by atoms with Gasteiger partial charge in [-0.3, -0.25) is 9.59 Å². The zero-order valence-corrected chi connectivity index (χ0v) is 17.9. The Morgan fingerprint density at radius 3 is 2.80 bits per heavy atom. The molecule has 0 saturated heterocycles. The van der Waals surface area contributed by atoms with Crippen molar-refractivity contribution in [1.82, 2.24) is 0 Å². The summed E-state index contributed by atoms with van der Waals surface area (Å²) in [7, 11) is 0. The lowest BCUT2D eigenvalue weighted by atomic mass is 9.88. The standard InChI is InChI=1S/C22H25N3O4S/c1-3-29-22(28)19-13-9-8-12(2)10-17(13)30-21(19)25-18(26)11-16-20(27)24-15-7-5-4-6-14(15)23-16/h4-7,12,16,23H,3,8-11H2,1-2H3,(H,24,27)(H,25,26)/t12-,16-/m0/s1. The van der Waals surface area contributed by atoms with Gasteiger partial charge in [-0.15, -0.1) is 11.3 Å². The van der Waals surface area contributed by atoms with E-state index < -0.39 is 12.0 Å². The number of nitrogens with one attached hydrogen (secondary N) is 3. The summed E-state index contributed by atoms with van der Waals surface area (Å²) < 4.78 is 5.25. The molecule has 8 heteroatoms. The lowest BCUT2D eigenvalue weighted by molar-refractivity contribution is -0.122. The third kappa shape index (κ3) is 4.05. The zero-order chi connectivity index (χ0) is 21.3. The van der Waals surface area contributed by atoms with Gasteiger partial charge in [-0.1, -0.05) is 19.1 Å². The fourth-order valence-electron chi connectivity index (χ4n) is 3.96. The van der Waals surface area contributed by atoms with Crippen LogP contribution in [-0.4, -0.2) is 30.4 Å². The highest BCUT2D eigenvalue weighted by molar-refractivity contribution is 7.17. The third-order valence-electron chi connectivity index (χ3n) is 5.46. The molecule has 1 aromatic carbocycles. The van der Waals surface area contributed by atoms with Crippen LogP contribution in [0.25, 0.3) is 0 Å². The van der Waals surface area contributed by atoms with Gasteiger partial charge in [0.2, 0.25) is 11.8 Å². The van der Waals surface area contributed by atoms with Crippen molar-refractivity contribution in [2.24, 2.45) is 5.92 Å². The van der Waals surface area contributed by atoms with Gasteiger partial charge in [-0.2, -0.15) is 0 Å². The van der Waals surface area contributed by atoms with E-state index in [9.17, 15) is 14.4 Å². The van der Waals surface area contributed by atoms with Crippen molar-refractivity contribution in [3.8, 4) is 0 Å². The maximum atomic E-state index is 12.8. The van der Waals surface area contributed by atoms with Crippen LogP contribution in [0.2, 0.25) is 0 Å². The van der Waals surface area contributed by atoms with Crippen molar-refractivity contribution in [2.75, 3.05) is 22.6 Å². The Morgan fingerprint density at radius 2 is 2.03 bits per heavy atom. The zero-order valence-electron chi connectivity index (χ0n) is 17.0. The van der Waals surface area contributed by atoms with Crippen LogP contribution >= 0.6 is 11.3 Å². The van der Waals surface area contributed by atoms with Crippen LogP contribution in [0.5, 0.6) is 0 Å². The molecule has 0 fully saturated rings. The molecule has 0 saturated carbocycles. The molecule has 158 valence electrons. The SMILES string of the molecule is CCOC(=O)c1c(NC(=O)C[C@@H]2Nc3ccccc3NC2=O)sc2c1CC[C@H](C)C2. The molecule has 2 heterocycles. The van der Waals surface area contributed by atoms with E-state index in [4.69, 9.17) is 4.74 Å². The maximum absolute atomic E-state index is 12.8. The number of carbonyl (C=O) groups is 3. The predicted molar refractivity (Wildman–Crippen MR) is 117 cm³/mol. The summed E-state index contributed by atoms with van der Waals surface area (Å²) in [4.78, 5) is 38.9. The van der Waals surface area contributed by atoms with Crippen molar-refractivity contribution in [3.63, 3.8) is 0 Å². The summed E-state index contributed by atoms with van der Waals surface area (Å²) >= 11 is 1.45. The smallest absolute Gasteiger partial charge is 0.341 e. The normalized spacial score (nSPS) is 19.7. The Bertz CT molecular complexity index is 1000. The lowest BCUT2D eigenvalue weighted by Crippen LogP contribution is -2.41. The Morgan fingerprint density at radius 1 is 1.27 bits per heavy atom. The minimum Gasteiger partial charge on any atom is -0.462 e. The Kier molecular flexibility index (Phi) is 5.76. The topological polar surface area (TPSA) is 96.5 Å². The molecule has 7 nitrogen and oxygen atoms in total. The largest absolute Gasteiger partial charge is 0.462 e. The molecule has 2 atom stereocenters. The molecule has 2 aromatic rings. The fourth-order valence-corrected chi connectivity index (χ4v) is 5.37. The van der Waals surface area contributed by atoms with Crippen molar-refractivity contribution in [2.45, 2.75) is 45.6 Å². The summed E-state index contributed by atoms with van der Waals surface area (Å²) in [5.41, 5.74) is 2.95. The maximum Gasteiger partial charge on any atom is 0.341 e. The molecule has 2 aliphatic rings. The summed E-state index contributed by atoms with van der Waals surface area (Å²) in [6.45, 7) is 4.23. The number of hydrogen-bond acceptors (Lipinski definition) is 6.